The standard InChI is InChI=1S/C17H26N3O5P/c1-20(9-3-10-25-2)15(21)12-19-17(23)14-6-4-13(5-7-14)16(22)18-8-11-26-24/h4-7,24,26H,3,8-12H2,1-2H3,(H,18,22)(H,19,23). The first-order valence-corrected chi connectivity index (χ1v) is 9.41. The number of amides is 3. The zero-order chi connectivity index (χ0) is 19.4. The van der Waals surface area contributed by atoms with Gasteiger partial charge >= 0.3 is 0 Å². The summed E-state index contributed by atoms with van der Waals surface area (Å²) in [7, 11) is 3.08. The molecule has 0 heterocycles. The molecule has 0 saturated carbocycles. The quantitative estimate of drug-likeness (QED) is 0.374. The largest absolute Gasteiger partial charge is 0.385 e. The van der Waals surface area contributed by atoms with Gasteiger partial charge in [-0.1, -0.05) is 0 Å². The van der Waals surface area contributed by atoms with Crippen molar-refractivity contribution in [3.05, 3.63) is 35.4 Å². The molecule has 1 unspecified atom stereocenters. The van der Waals surface area contributed by atoms with E-state index in [4.69, 9.17) is 9.63 Å². The lowest BCUT2D eigenvalue weighted by Gasteiger charge is -2.17. The van der Waals surface area contributed by atoms with Gasteiger partial charge in [0.1, 0.15) is 0 Å². The van der Waals surface area contributed by atoms with E-state index in [1.54, 1.807) is 31.2 Å². The molecule has 1 atom stereocenters. The van der Waals surface area contributed by atoms with Crippen molar-refractivity contribution in [2.45, 2.75) is 6.42 Å². The third kappa shape index (κ3) is 7.91. The maximum atomic E-state index is 12.1. The van der Waals surface area contributed by atoms with Crippen molar-refractivity contribution >= 4 is 26.5 Å². The number of nitrogens with one attached hydrogen (secondary N) is 2. The van der Waals surface area contributed by atoms with Crippen LogP contribution >= 0.6 is 8.81 Å². The first-order chi connectivity index (χ1) is 12.5. The van der Waals surface area contributed by atoms with Gasteiger partial charge in [0.15, 0.2) is 0 Å². The van der Waals surface area contributed by atoms with E-state index in [0.29, 0.717) is 37.0 Å². The lowest BCUT2D eigenvalue weighted by atomic mass is 10.1. The van der Waals surface area contributed by atoms with E-state index in [2.05, 4.69) is 10.6 Å². The fourth-order valence-corrected chi connectivity index (χ4v) is 2.31. The lowest BCUT2D eigenvalue weighted by Crippen LogP contribution is -2.38. The molecule has 144 valence electrons. The number of benzene rings is 1. The number of ether oxygens (including phenoxy) is 1. The van der Waals surface area contributed by atoms with Crippen LogP contribution in [0.1, 0.15) is 27.1 Å². The van der Waals surface area contributed by atoms with E-state index in [0.717, 1.165) is 6.42 Å². The van der Waals surface area contributed by atoms with Gasteiger partial charge in [-0.3, -0.25) is 14.4 Å². The first-order valence-electron chi connectivity index (χ1n) is 8.26. The predicted octanol–water partition coefficient (Wildman–Crippen LogP) is 0.227. The molecule has 0 bridgehead atoms. The molecule has 0 aliphatic carbocycles. The molecule has 1 rings (SSSR count). The molecule has 0 aliphatic heterocycles. The summed E-state index contributed by atoms with van der Waals surface area (Å²) in [5, 5.41) is 5.24. The molecular formula is C17H26N3O5P. The molecule has 3 N–H and O–H groups in total. The van der Waals surface area contributed by atoms with Gasteiger partial charge in [0, 0.05) is 60.0 Å². The second-order valence-corrected chi connectivity index (χ2v) is 6.40. The highest BCUT2D eigenvalue weighted by atomic mass is 31.1. The lowest BCUT2D eigenvalue weighted by molar-refractivity contribution is -0.128. The van der Waals surface area contributed by atoms with Crippen LogP contribution in [0.25, 0.3) is 0 Å². The number of hydrogen-bond donors (Lipinski definition) is 3. The normalized spacial score (nSPS) is 10.7. The van der Waals surface area contributed by atoms with Gasteiger partial charge in [0.25, 0.3) is 11.8 Å². The Morgan fingerprint density at radius 3 is 2.23 bits per heavy atom. The molecule has 3 amide bonds. The summed E-state index contributed by atoms with van der Waals surface area (Å²) in [6, 6.07) is 6.16. The monoisotopic (exact) mass is 383 g/mol. The minimum atomic E-state index is -0.378. The van der Waals surface area contributed by atoms with Gasteiger partial charge in [0.05, 0.1) is 6.54 Å². The van der Waals surface area contributed by atoms with Crippen molar-refractivity contribution in [2.75, 3.05) is 46.6 Å². The Morgan fingerprint density at radius 1 is 1.12 bits per heavy atom. The summed E-state index contributed by atoms with van der Waals surface area (Å²) in [5.74, 6) is -0.824. The Kier molecular flexibility index (Phi) is 10.5. The maximum absolute atomic E-state index is 12.1. The van der Waals surface area contributed by atoms with Crippen LogP contribution in [0.4, 0.5) is 0 Å². The number of likely N-dealkylation sites (N-methyl/N-ethyl adjacent to an activating group) is 1. The molecule has 0 saturated heterocycles. The van der Waals surface area contributed by atoms with Crippen LogP contribution in [0.15, 0.2) is 24.3 Å². The van der Waals surface area contributed by atoms with Crippen LogP contribution < -0.4 is 10.6 Å². The Morgan fingerprint density at radius 2 is 1.69 bits per heavy atom. The molecule has 1 aromatic carbocycles. The van der Waals surface area contributed by atoms with Crippen LogP contribution in [-0.4, -0.2) is 74.1 Å². The zero-order valence-electron chi connectivity index (χ0n) is 15.1. The van der Waals surface area contributed by atoms with Gasteiger partial charge in [0.2, 0.25) is 5.91 Å². The Hall–Kier alpha value is -2.02. The Bertz CT molecular complexity index is 595. The van der Waals surface area contributed by atoms with Crippen LogP contribution in [0.5, 0.6) is 0 Å². The molecule has 9 heteroatoms. The van der Waals surface area contributed by atoms with Crippen molar-refractivity contribution in [3.63, 3.8) is 0 Å². The molecule has 0 aliphatic rings. The highest BCUT2D eigenvalue weighted by molar-refractivity contribution is 7.31. The van der Waals surface area contributed by atoms with Gasteiger partial charge in [-0.15, -0.1) is 0 Å². The second kappa shape index (κ2) is 12.4. The van der Waals surface area contributed by atoms with Gasteiger partial charge < -0.3 is 25.2 Å². The summed E-state index contributed by atoms with van der Waals surface area (Å²) in [4.78, 5) is 46.2. The van der Waals surface area contributed by atoms with E-state index in [-0.39, 0.29) is 33.1 Å². The minimum absolute atomic E-state index is 0.0908. The van der Waals surface area contributed by atoms with Crippen LogP contribution in [-0.2, 0) is 9.53 Å². The van der Waals surface area contributed by atoms with E-state index in [1.165, 1.54) is 12.1 Å². The van der Waals surface area contributed by atoms with Crippen molar-refractivity contribution in [1.29, 1.82) is 0 Å². The molecule has 0 radical (unpaired) electrons. The summed E-state index contributed by atoms with van der Waals surface area (Å²) >= 11 is 0. The fraction of sp³-hybridized carbons (Fsp3) is 0.471. The first kappa shape index (κ1) is 22.0. The average Bonchev–Trinajstić information content (AvgIpc) is 2.66. The Labute approximate surface area is 155 Å². The van der Waals surface area contributed by atoms with E-state index in [1.807, 2.05) is 0 Å². The van der Waals surface area contributed by atoms with Crippen LogP contribution in [0.2, 0.25) is 0 Å². The second-order valence-electron chi connectivity index (χ2n) is 5.59. The number of carbonyl (C=O) groups is 3. The van der Waals surface area contributed by atoms with E-state index < -0.39 is 0 Å². The number of rotatable bonds is 11. The summed E-state index contributed by atoms with van der Waals surface area (Å²) < 4.78 is 4.93. The summed E-state index contributed by atoms with van der Waals surface area (Å²) in [6.45, 7) is 1.44. The highest BCUT2D eigenvalue weighted by Gasteiger charge is 2.12. The van der Waals surface area contributed by atoms with Crippen LogP contribution in [0, 0.1) is 0 Å². The molecule has 0 spiro atoms. The molecule has 0 fully saturated rings. The predicted molar refractivity (Wildman–Crippen MR) is 101 cm³/mol. The molecular weight excluding hydrogens is 357 g/mol. The topological polar surface area (TPSA) is 108 Å². The van der Waals surface area contributed by atoms with Gasteiger partial charge in [-0.2, -0.15) is 0 Å². The number of nitrogens with zero attached hydrogens (tertiary/aromatic N) is 1. The smallest absolute Gasteiger partial charge is 0.251 e. The average molecular weight is 383 g/mol. The molecule has 0 aromatic heterocycles. The fourth-order valence-electron chi connectivity index (χ4n) is 2.07. The van der Waals surface area contributed by atoms with E-state index in [9.17, 15) is 14.4 Å². The summed E-state index contributed by atoms with van der Waals surface area (Å²) in [5.41, 5.74) is 0.796. The zero-order valence-corrected chi connectivity index (χ0v) is 16.1. The number of methoxy groups -OCH3 is 1. The minimum Gasteiger partial charge on any atom is -0.385 e. The Balaban J connectivity index is 2.45. The van der Waals surface area contributed by atoms with E-state index >= 15 is 0 Å². The van der Waals surface area contributed by atoms with Crippen molar-refractivity contribution < 1.29 is 24.0 Å². The SMILES string of the molecule is COCCCN(C)C(=O)CNC(=O)c1ccc(C(=O)NCCPO)cc1. The maximum Gasteiger partial charge on any atom is 0.251 e. The number of hydrogen-bond acceptors (Lipinski definition) is 5. The van der Waals surface area contributed by atoms with Gasteiger partial charge in [-0.25, -0.2) is 0 Å². The van der Waals surface area contributed by atoms with Crippen molar-refractivity contribution in [3.8, 4) is 0 Å². The number of carbonyl (C=O) groups excluding carboxylic acids is 3. The van der Waals surface area contributed by atoms with Gasteiger partial charge in [-0.05, 0) is 30.7 Å². The summed E-state index contributed by atoms with van der Waals surface area (Å²) in [6.07, 6.45) is 1.25. The molecule has 1 aromatic rings. The third-order valence-electron chi connectivity index (χ3n) is 3.60. The van der Waals surface area contributed by atoms with Crippen molar-refractivity contribution in [2.24, 2.45) is 0 Å². The van der Waals surface area contributed by atoms with Crippen LogP contribution in [0.3, 0.4) is 0 Å². The third-order valence-corrected chi connectivity index (χ3v) is 4.07. The molecule has 8 nitrogen and oxygen atoms in total. The molecule has 26 heavy (non-hydrogen) atoms. The van der Waals surface area contributed by atoms with Crippen molar-refractivity contribution in [1.82, 2.24) is 15.5 Å². The highest BCUT2D eigenvalue weighted by Crippen LogP contribution is 2.05.